The van der Waals surface area contributed by atoms with Gasteiger partial charge in [-0.3, -0.25) is 0 Å². The molecule has 0 aromatic heterocycles. The van der Waals surface area contributed by atoms with Crippen LogP contribution in [0.1, 0.15) is 32.6 Å². The Morgan fingerprint density at radius 2 is 1.50 bits per heavy atom. The lowest BCUT2D eigenvalue weighted by molar-refractivity contribution is 0.135. The van der Waals surface area contributed by atoms with Crippen molar-refractivity contribution in [2.45, 2.75) is 42.4 Å². The largest absolute Gasteiger partial charge is 0.361 e. The van der Waals surface area contributed by atoms with Gasteiger partial charge >= 0.3 is 0 Å². The zero-order valence-electron chi connectivity index (χ0n) is 13.1. The standard InChI is InChI=1S/C19H23NOS/c1-2-3-4-9-14-21-15-20-16-10-5-7-12-18(16)22-19-13-8-6-11-17(19)20/h5-8,10-13H,2-4,9,14-15H2,1H3. The van der Waals surface area contributed by atoms with E-state index in [-0.39, 0.29) is 0 Å². The third kappa shape index (κ3) is 3.47. The Labute approximate surface area is 137 Å². The smallest absolute Gasteiger partial charge is 0.123 e. The number of ether oxygens (including phenoxy) is 1. The van der Waals surface area contributed by atoms with E-state index in [1.165, 1.54) is 40.4 Å². The summed E-state index contributed by atoms with van der Waals surface area (Å²) in [7, 11) is 0. The molecule has 0 atom stereocenters. The summed E-state index contributed by atoms with van der Waals surface area (Å²) >= 11 is 1.84. The van der Waals surface area contributed by atoms with Gasteiger partial charge < -0.3 is 9.64 Å². The van der Waals surface area contributed by atoms with Crippen LogP contribution in [0.4, 0.5) is 11.4 Å². The fourth-order valence-corrected chi connectivity index (χ4v) is 3.80. The quantitative estimate of drug-likeness (QED) is 0.595. The lowest BCUT2D eigenvalue weighted by Gasteiger charge is -2.32. The molecule has 0 bridgehead atoms. The number of anilines is 2. The van der Waals surface area contributed by atoms with Crippen LogP contribution in [0.2, 0.25) is 0 Å². The second-order valence-corrected chi connectivity index (χ2v) is 6.65. The number of nitrogens with zero attached hydrogens (tertiary/aromatic N) is 1. The summed E-state index contributed by atoms with van der Waals surface area (Å²) in [5.41, 5.74) is 2.50. The van der Waals surface area contributed by atoms with Crippen LogP contribution in [0.15, 0.2) is 58.3 Å². The Bertz CT molecular complexity index is 568. The highest BCUT2D eigenvalue weighted by Gasteiger charge is 2.22. The number of fused-ring (bicyclic) bond motifs is 2. The van der Waals surface area contributed by atoms with E-state index in [9.17, 15) is 0 Å². The van der Waals surface area contributed by atoms with Crippen molar-refractivity contribution in [2.24, 2.45) is 0 Å². The summed E-state index contributed by atoms with van der Waals surface area (Å²) in [5.74, 6) is 0. The van der Waals surface area contributed by atoms with Gasteiger partial charge in [-0.05, 0) is 30.7 Å². The Kier molecular flexibility index (Phi) is 5.41. The van der Waals surface area contributed by atoms with E-state index in [1.807, 2.05) is 11.8 Å². The molecule has 0 N–H and O–H groups in total. The maximum atomic E-state index is 5.95. The molecule has 116 valence electrons. The normalized spacial score (nSPS) is 12.9. The third-order valence-electron chi connectivity index (χ3n) is 3.89. The minimum Gasteiger partial charge on any atom is -0.361 e. The van der Waals surface area contributed by atoms with Crippen molar-refractivity contribution in [3.63, 3.8) is 0 Å². The Morgan fingerprint density at radius 1 is 0.864 bits per heavy atom. The molecule has 1 heterocycles. The van der Waals surface area contributed by atoms with Crippen molar-refractivity contribution < 1.29 is 4.74 Å². The average molecular weight is 313 g/mol. The first-order chi connectivity index (χ1) is 10.9. The molecule has 3 heteroatoms. The Balaban J connectivity index is 1.70. The molecule has 2 aromatic rings. The second-order valence-electron chi connectivity index (χ2n) is 5.56. The highest BCUT2D eigenvalue weighted by molar-refractivity contribution is 7.99. The number of benzene rings is 2. The topological polar surface area (TPSA) is 12.5 Å². The maximum absolute atomic E-state index is 5.95. The molecule has 0 amide bonds. The molecule has 0 unspecified atom stereocenters. The van der Waals surface area contributed by atoms with Crippen LogP contribution in [0.25, 0.3) is 0 Å². The first-order valence-corrected chi connectivity index (χ1v) is 8.93. The van der Waals surface area contributed by atoms with E-state index in [0.29, 0.717) is 6.73 Å². The Hall–Kier alpha value is -1.45. The minimum absolute atomic E-state index is 0.626. The van der Waals surface area contributed by atoms with Gasteiger partial charge in [-0.15, -0.1) is 0 Å². The molecule has 2 aromatic carbocycles. The van der Waals surface area contributed by atoms with E-state index in [1.54, 1.807) is 0 Å². The van der Waals surface area contributed by atoms with Crippen LogP contribution in [0.5, 0.6) is 0 Å². The molecule has 0 saturated heterocycles. The van der Waals surface area contributed by atoms with Crippen LogP contribution >= 0.6 is 11.8 Å². The molecule has 0 aliphatic carbocycles. The summed E-state index contributed by atoms with van der Waals surface area (Å²) in [5, 5.41) is 0. The molecule has 1 aliphatic rings. The molecule has 0 saturated carbocycles. The van der Waals surface area contributed by atoms with Gasteiger partial charge in [-0.25, -0.2) is 0 Å². The number of hydrogen-bond acceptors (Lipinski definition) is 3. The van der Waals surface area contributed by atoms with Gasteiger partial charge in [0.1, 0.15) is 6.73 Å². The van der Waals surface area contributed by atoms with Gasteiger partial charge in [0.05, 0.1) is 11.4 Å². The van der Waals surface area contributed by atoms with Crippen LogP contribution < -0.4 is 4.90 Å². The predicted molar refractivity (Wildman–Crippen MR) is 94.1 cm³/mol. The lowest BCUT2D eigenvalue weighted by atomic mass is 10.2. The molecular formula is C19H23NOS. The van der Waals surface area contributed by atoms with Crippen molar-refractivity contribution >= 4 is 23.1 Å². The highest BCUT2D eigenvalue weighted by atomic mass is 32.2. The zero-order chi connectivity index (χ0) is 15.2. The molecule has 1 aliphatic heterocycles. The van der Waals surface area contributed by atoms with Gasteiger partial charge in [-0.1, -0.05) is 62.2 Å². The number of hydrogen-bond donors (Lipinski definition) is 0. The fraction of sp³-hybridized carbons (Fsp3) is 0.368. The first kappa shape index (κ1) is 15.4. The van der Waals surface area contributed by atoms with Gasteiger partial charge in [0.15, 0.2) is 0 Å². The van der Waals surface area contributed by atoms with Crippen LogP contribution in [0.3, 0.4) is 0 Å². The summed E-state index contributed by atoms with van der Waals surface area (Å²) in [4.78, 5) is 4.90. The van der Waals surface area contributed by atoms with Gasteiger partial charge in [-0.2, -0.15) is 0 Å². The molecule has 22 heavy (non-hydrogen) atoms. The van der Waals surface area contributed by atoms with Gasteiger partial charge in [0, 0.05) is 16.4 Å². The summed E-state index contributed by atoms with van der Waals surface area (Å²) in [6, 6.07) is 17.1. The number of unbranched alkanes of at least 4 members (excludes halogenated alkanes) is 3. The van der Waals surface area contributed by atoms with E-state index >= 15 is 0 Å². The summed E-state index contributed by atoms with van der Waals surface area (Å²) < 4.78 is 5.95. The van der Waals surface area contributed by atoms with Crippen LogP contribution in [-0.2, 0) is 4.74 Å². The SMILES string of the molecule is CCCCCCOCN1c2ccccc2Sc2ccccc21. The van der Waals surface area contributed by atoms with Gasteiger partial charge in [0.25, 0.3) is 0 Å². The molecule has 0 radical (unpaired) electrons. The second kappa shape index (κ2) is 7.70. The van der Waals surface area contributed by atoms with E-state index in [4.69, 9.17) is 4.74 Å². The van der Waals surface area contributed by atoms with Crippen molar-refractivity contribution in [1.82, 2.24) is 0 Å². The molecule has 0 spiro atoms. The lowest BCUT2D eigenvalue weighted by Crippen LogP contribution is -2.24. The molecule has 0 fully saturated rings. The summed E-state index contributed by atoms with van der Waals surface area (Å²) in [6.45, 7) is 3.70. The van der Waals surface area contributed by atoms with E-state index in [2.05, 4.69) is 60.4 Å². The Morgan fingerprint density at radius 3 is 2.14 bits per heavy atom. The van der Waals surface area contributed by atoms with Crippen LogP contribution in [0, 0.1) is 0 Å². The van der Waals surface area contributed by atoms with Crippen molar-refractivity contribution in [3.05, 3.63) is 48.5 Å². The van der Waals surface area contributed by atoms with Crippen LogP contribution in [-0.4, -0.2) is 13.3 Å². The highest BCUT2D eigenvalue weighted by Crippen LogP contribution is 2.47. The number of rotatable bonds is 7. The van der Waals surface area contributed by atoms with E-state index in [0.717, 1.165) is 13.0 Å². The molecule has 3 rings (SSSR count). The fourth-order valence-electron chi connectivity index (χ4n) is 2.71. The predicted octanol–water partition coefficient (Wildman–Crippen LogP) is 5.84. The minimum atomic E-state index is 0.626. The summed E-state index contributed by atoms with van der Waals surface area (Å²) in [6.07, 6.45) is 4.98. The zero-order valence-corrected chi connectivity index (χ0v) is 13.9. The maximum Gasteiger partial charge on any atom is 0.123 e. The van der Waals surface area contributed by atoms with Crippen molar-refractivity contribution in [1.29, 1.82) is 0 Å². The average Bonchev–Trinajstić information content (AvgIpc) is 2.57. The third-order valence-corrected chi connectivity index (χ3v) is 5.02. The number of para-hydroxylation sites is 2. The molecular weight excluding hydrogens is 290 g/mol. The monoisotopic (exact) mass is 313 g/mol. The van der Waals surface area contributed by atoms with Gasteiger partial charge in [0.2, 0.25) is 0 Å². The van der Waals surface area contributed by atoms with E-state index < -0.39 is 0 Å². The molecule has 2 nitrogen and oxygen atoms in total. The van der Waals surface area contributed by atoms with Crippen molar-refractivity contribution in [3.8, 4) is 0 Å². The van der Waals surface area contributed by atoms with Crippen molar-refractivity contribution in [2.75, 3.05) is 18.2 Å². The first-order valence-electron chi connectivity index (χ1n) is 8.11.